The van der Waals surface area contributed by atoms with E-state index in [0.717, 1.165) is 12.1 Å². The van der Waals surface area contributed by atoms with Gasteiger partial charge in [-0.1, -0.05) is 24.3 Å². The molecule has 32 heavy (non-hydrogen) atoms. The Hall–Kier alpha value is -3.16. The Labute approximate surface area is 181 Å². The Bertz CT molecular complexity index is 1300. The van der Waals surface area contributed by atoms with Crippen molar-refractivity contribution in [1.29, 1.82) is 5.26 Å². The third-order valence-electron chi connectivity index (χ3n) is 5.52. The van der Waals surface area contributed by atoms with E-state index in [0.29, 0.717) is 0 Å². The van der Waals surface area contributed by atoms with Crippen molar-refractivity contribution in [1.82, 2.24) is 10.3 Å². The van der Waals surface area contributed by atoms with E-state index in [4.69, 9.17) is 5.26 Å². The molecule has 2 N–H and O–H groups in total. The number of benzene rings is 2. The normalized spacial score (nSPS) is 18.7. The molecule has 0 spiro atoms. The third-order valence-corrected chi connectivity index (χ3v) is 7.59. The SMILES string of the molecule is N#Cc1ccc(C2CC(S(=O)(=O)c3c[nH]cc3Cc3ccccc3C(F)(F)F)N2)c(F)c1. The summed E-state index contributed by atoms with van der Waals surface area (Å²) in [6.45, 7) is 0. The first-order valence-corrected chi connectivity index (χ1v) is 11.2. The Kier molecular flexibility index (Phi) is 5.56. The molecule has 1 aromatic heterocycles. The number of hydrogen-bond acceptors (Lipinski definition) is 4. The maximum Gasteiger partial charge on any atom is 0.416 e. The van der Waals surface area contributed by atoms with Gasteiger partial charge in [-0.15, -0.1) is 0 Å². The predicted molar refractivity (Wildman–Crippen MR) is 108 cm³/mol. The lowest BCUT2D eigenvalue weighted by molar-refractivity contribution is -0.138. The summed E-state index contributed by atoms with van der Waals surface area (Å²) in [5.74, 6) is -0.608. The van der Waals surface area contributed by atoms with Gasteiger partial charge in [0.15, 0.2) is 9.84 Å². The molecule has 0 saturated carbocycles. The maximum atomic E-state index is 14.2. The second-order valence-corrected chi connectivity index (χ2v) is 9.61. The van der Waals surface area contributed by atoms with Crippen LogP contribution in [0.2, 0.25) is 0 Å². The van der Waals surface area contributed by atoms with E-state index in [1.807, 2.05) is 6.07 Å². The zero-order chi connectivity index (χ0) is 23.1. The average molecular weight is 463 g/mol. The number of H-pyrrole nitrogens is 1. The van der Waals surface area contributed by atoms with Gasteiger partial charge in [0.25, 0.3) is 0 Å². The van der Waals surface area contributed by atoms with Gasteiger partial charge in [-0.05, 0) is 35.7 Å². The minimum Gasteiger partial charge on any atom is -0.366 e. The fourth-order valence-electron chi connectivity index (χ4n) is 3.82. The molecule has 4 rings (SSSR count). The van der Waals surface area contributed by atoms with E-state index in [1.165, 1.54) is 42.7 Å². The van der Waals surface area contributed by atoms with Crippen molar-refractivity contribution in [2.75, 3.05) is 0 Å². The molecule has 2 heterocycles. The molecule has 0 bridgehead atoms. The van der Waals surface area contributed by atoms with E-state index in [1.54, 1.807) is 0 Å². The molecule has 1 fully saturated rings. The van der Waals surface area contributed by atoms with E-state index in [-0.39, 0.29) is 40.0 Å². The van der Waals surface area contributed by atoms with Crippen LogP contribution in [0.5, 0.6) is 0 Å². The summed E-state index contributed by atoms with van der Waals surface area (Å²) in [4.78, 5) is 2.58. The fourth-order valence-corrected chi connectivity index (χ4v) is 5.65. The second kappa shape index (κ2) is 8.07. The molecule has 2 aromatic carbocycles. The number of halogens is 4. The molecule has 2 unspecified atom stereocenters. The number of sulfone groups is 1. The van der Waals surface area contributed by atoms with Crippen molar-refractivity contribution >= 4 is 9.84 Å². The van der Waals surface area contributed by atoms with Crippen LogP contribution < -0.4 is 5.32 Å². The molecule has 0 radical (unpaired) electrons. The molecule has 10 heteroatoms. The van der Waals surface area contributed by atoms with Gasteiger partial charge in [0, 0.05) is 30.4 Å². The van der Waals surface area contributed by atoms with E-state index in [2.05, 4.69) is 10.3 Å². The third kappa shape index (κ3) is 4.01. The van der Waals surface area contributed by atoms with Crippen molar-refractivity contribution in [3.05, 3.63) is 88.5 Å². The smallest absolute Gasteiger partial charge is 0.366 e. The monoisotopic (exact) mass is 463 g/mol. The summed E-state index contributed by atoms with van der Waals surface area (Å²) in [5, 5.41) is 10.7. The highest BCUT2D eigenvalue weighted by Crippen LogP contribution is 2.37. The van der Waals surface area contributed by atoms with Gasteiger partial charge in [-0.25, -0.2) is 12.8 Å². The Morgan fingerprint density at radius 2 is 1.81 bits per heavy atom. The van der Waals surface area contributed by atoms with Crippen LogP contribution in [0.4, 0.5) is 17.6 Å². The van der Waals surface area contributed by atoms with Crippen molar-refractivity contribution < 1.29 is 26.0 Å². The maximum absolute atomic E-state index is 14.2. The van der Waals surface area contributed by atoms with Gasteiger partial charge in [0.05, 0.1) is 22.1 Å². The van der Waals surface area contributed by atoms with Gasteiger partial charge in [0.2, 0.25) is 0 Å². The number of hydrogen-bond donors (Lipinski definition) is 2. The van der Waals surface area contributed by atoms with Crippen molar-refractivity contribution in [2.45, 2.75) is 35.3 Å². The second-order valence-electron chi connectivity index (χ2n) is 7.51. The molecular weight excluding hydrogens is 446 g/mol. The molecule has 1 saturated heterocycles. The van der Waals surface area contributed by atoms with E-state index >= 15 is 0 Å². The minimum absolute atomic E-state index is 0.0323. The number of nitriles is 1. The van der Waals surface area contributed by atoms with E-state index < -0.39 is 38.8 Å². The lowest BCUT2D eigenvalue weighted by Crippen LogP contribution is -2.51. The van der Waals surface area contributed by atoms with E-state index in [9.17, 15) is 26.0 Å². The van der Waals surface area contributed by atoms with Crippen LogP contribution >= 0.6 is 0 Å². The van der Waals surface area contributed by atoms with Crippen LogP contribution in [-0.4, -0.2) is 18.8 Å². The molecule has 1 aliphatic rings. The number of aromatic amines is 1. The molecule has 1 aliphatic heterocycles. The number of nitrogens with zero attached hydrogens (tertiary/aromatic N) is 1. The summed E-state index contributed by atoms with van der Waals surface area (Å²) in [6.07, 6.45) is -2.06. The quantitative estimate of drug-likeness (QED) is 0.547. The first-order valence-electron chi connectivity index (χ1n) is 9.61. The lowest BCUT2D eigenvalue weighted by Gasteiger charge is -2.37. The first-order chi connectivity index (χ1) is 15.1. The van der Waals surface area contributed by atoms with Gasteiger partial charge in [-0.2, -0.15) is 18.4 Å². The highest BCUT2D eigenvalue weighted by Gasteiger charge is 2.42. The van der Waals surface area contributed by atoms with Gasteiger partial charge < -0.3 is 4.98 Å². The van der Waals surface area contributed by atoms with Gasteiger partial charge >= 0.3 is 6.18 Å². The summed E-state index contributed by atoms with van der Waals surface area (Å²) in [6, 6.07) is 10.3. The molecular formula is C22H17F4N3O2S. The van der Waals surface area contributed by atoms with Crippen molar-refractivity contribution in [2.24, 2.45) is 0 Å². The number of aromatic nitrogens is 1. The first kappa shape index (κ1) is 22.0. The summed E-state index contributed by atoms with van der Waals surface area (Å²) in [5.41, 5.74) is -0.219. The zero-order valence-electron chi connectivity index (χ0n) is 16.4. The molecule has 2 atom stereocenters. The predicted octanol–water partition coefficient (Wildman–Crippen LogP) is 4.47. The largest absolute Gasteiger partial charge is 0.416 e. The van der Waals surface area contributed by atoms with Gasteiger partial charge in [-0.3, -0.25) is 5.32 Å². The van der Waals surface area contributed by atoms with Crippen LogP contribution in [0.25, 0.3) is 0 Å². The van der Waals surface area contributed by atoms with Crippen LogP contribution in [0.3, 0.4) is 0 Å². The molecule has 0 amide bonds. The molecule has 5 nitrogen and oxygen atoms in total. The summed E-state index contributed by atoms with van der Waals surface area (Å²) < 4.78 is 80.3. The Morgan fingerprint density at radius 1 is 1.09 bits per heavy atom. The lowest BCUT2D eigenvalue weighted by atomic mass is 9.96. The molecule has 166 valence electrons. The standard InChI is InChI=1S/C22H17F4N3O2S/c23-18-7-13(10-27)5-6-16(18)19-9-21(29-19)32(30,31)20-12-28-11-15(20)8-14-3-1-2-4-17(14)22(24,25)26/h1-7,11-12,19,21,28-29H,8-9H2. The minimum atomic E-state index is -4.56. The van der Waals surface area contributed by atoms with Crippen LogP contribution in [0.1, 0.15) is 40.3 Å². The number of rotatable bonds is 5. The van der Waals surface area contributed by atoms with Crippen LogP contribution in [-0.2, 0) is 22.4 Å². The highest BCUT2D eigenvalue weighted by atomic mass is 32.2. The Morgan fingerprint density at radius 3 is 2.47 bits per heavy atom. The van der Waals surface area contributed by atoms with Gasteiger partial charge in [0.1, 0.15) is 11.2 Å². The molecule has 3 aromatic rings. The average Bonchev–Trinajstić information content (AvgIpc) is 3.16. The van der Waals surface area contributed by atoms with Crippen LogP contribution in [0.15, 0.2) is 59.8 Å². The zero-order valence-corrected chi connectivity index (χ0v) is 17.3. The van der Waals surface area contributed by atoms with Crippen molar-refractivity contribution in [3.63, 3.8) is 0 Å². The topological polar surface area (TPSA) is 85.8 Å². The summed E-state index contributed by atoms with van der Waals surface area (Å²) >= 11 is 0. The Balaban J connectivity index is 1.55. The van der Waals surface area contributed by atoms with Crippen molar-refractivity contribution in [3.8, 4) is 6.07 Å². The highest BCUT2D eigenvalue weighted by molar-refractivity contribution is 7.92. The molecule has 0 aliphatic carbocycles. The fraction of sp³-hybridized carbons (Fsp3) is 0.227. The number of alkyl halides is 3. The number of nitrogens with one attached hydrogen (secondary N) is 2. The summed E-state index contributed by atoms with van der Waals surface area (Å²) in [7, 11) is -3.92. The van der Waals surface area contributed by atoms with Crippen LogP contribution in [0, 0.1) is 17.1 Å².